The molecule has 0 aromatic carbocycles. The molecule has 266 valence electrons. The lowest BCUT2D eigenvalue weighted by Gasteiger charge is -2.39. The van der Waals surface area contributed by atoms with Crippen molar-refractivity contribution in [3.8, 4) is 0 Å². The Morgan fingerprint density at radius 3 is 1.96 bits per heavy atom. The second kappa shape index (κ2) is 20.9. The van der Waals surface area contributed by atoms with Crippen molar-refractivity contribution in [2.24, 2.45) is 5.92 Å². The van der Waals surface area contributed by atoms with Crippen LogP contribution in [0.3, 0.4) is 0 Å². The second-order valence-corrected chi connectivity index (χ2v) is 24.0. The third-order valence-electron chi connectivity index (χ3n) is 10.7. The average Bonchev–Trinajstić information content (AvgIpc) is 3.03. The van der Waals surface area contributed by atoms with Gasteiger partial charge in [0.1, 0.15) is 17.0 Å². The SMILES string of the molecule is CC[Si](CC)(CC)OC1C/C=C/CCCCCC(C)(C)OC(=O)/C=C/CC[C@@](C)(O[Si](CC)(CC)CC)C(=O)CCC(=O)C[C@H]1C. The largest absolute Gasteiger partial charge is 0.457 e. The zero-order valence-electron chi connectivity index (χ0n) is 31.4. The number of allylic oxidation sites excluding steroid dienone is 2. The van der Waals surface area contributed by atoms with Crippen LogP contribution < -0.4 is 0 Å². The molecule has 0 aromatic rings. The molecule has 1 rings (SSSR count). The number of cyclic esters (lactones) is 1. The van der Waals surface area contributed by atoms with Crippen molar-refractivity contribution >= 4 is 34.2 Å². The maximum atomic E-state index is 13.9. The number of esters is 1. The van der Waals surface area contributed by atoms with E-state index >= 15 is 0 Å². The van der Waals surface area contributed by atoms with Crippen LogP contribution in [-0.2, 0) is 28.0 Å². The lowest BCUT2D eigenvalue weighted by Crippen LogP contribution is -2.50. The van der Waals surface area contributed by atoms with Gasteiger partial charge in [-0.3, -0.25) is 9.59 Å². The molecule has 3 atom stereocenters. The van der Waals surface area contributed by atoms with E-state index in [1.165, 1.54) is 6.08 Å². The van der Waals surface area contributed by atoms with Gasteiger partial charge in [-0.25, -0.2) is 4.79 Å². The van der Waals surface area contributed by atoms with E-state index < -0.39 is 27.8 Å². The first-order valence-corrected chi connectivity index (χ1v) is 23.7. The smallest absolute Gasteiger partial charge is 0.330 e. The Morgan fingerprint density at radius 2 is 1.37 bits per heavy atom. The minimum atomic E-state index is -2.12. The molecule has 8 heteroatoms. The van der Waals surface area contributed by atoms with E-state index in [0.717, 1.165) is 74.8 Å². The van der Waals surface area contributed by atoms with Crippen LogP contribution in [0.25, 0.3) is 0 Å². The first-order chi connectivity index (χ1) is 21.7. The lowest BCUT2D eigenvalue weighted by molar-refractivity contribution is -0.150. The topological polar surface area (TPSA) is 78.9 Å². The molecule has 1 aliphatic rings. The van der Waals surface area contributed by atoms with Gasteiger partial charge in [0.15, 0.2) is 22.4 Å². The molecule has 0 fully saturated rings. The van der Waals surface area contributed by atoms with Gasteiger partial charge in [0.2, 0.25) is 0 Å². The van der Waals surface area contributed by atoms with Crippen molar-refractivity contribution in [1.29, 1.82) is 0 Å². The third-order valence-corrected chi connectivity index (χ3v) is 20.1. The van der Waals surface area contributed by atoms with Crippen LogP contribution in [0.2, 0.25) is 36.3 Å². The van der Waals surface area contributed by atoms with Crippen molar-refractivity contribution in [2.45, 2.75) is 193 Å². The molecule has 0 aromatic heterocycles. The van der Waals surface area contributed by atoms with Crippen molar-refractivity contribution in [3.05, 3.63) is 24.3 Å². The summed E-state index contributed by atoms with van der Waals surface area (Å²) in [5.41, 5.74) is -1.52. The summed E-state index contributed by atoms with van der Waals surface area (Å²) in [6.45, 7) is 21.2. The Hall–Kier alpha value is -1.36. The highest BCUT2D eigenvalue weighted by Gasteiger charge is 2.42. The zero-order valence-corrected chi connectivity index (χ0v) is 33.4. The number of rotatable bonds is 10. The number of hydrogen-bond donors (Lipinski definition) is 0. The molecule has 0 saturated heterocycles. The maximum absolute atomic E-state index is 13.9. The predicted molar refractivity (Wildman–Crippen MR) is 197 cm³/mol. The Bertz CT molecular complexity index is 965. The van der Waals surface area contributed by atoms with E-state index in [2.05, 4.69) is 60.6 Å². The Kier molecular flexibility index (Phi) is 19.4. The minimum Gasteiger partial charge on any atom is -0.457 e. The van der Waals surface area contributed by atoms with E-state index in [0.29, 0.717) is 19.3 Å². The summed E-state index contributed by atoms with van der Waals surface area (Å²) in [5, 5.41) is 0. The summed E-state index contributed by atoms with van der Waals surface area (Å²) in [7, 11) is -3.99. The number of Topliss-reactive ketones (excluding diaryl/α,β-unsaturated/α-hetero) is 2. The van der Waals surface area contributed by atoms with E-state index in [1.807, 2.05) is 20.8 Å². The Labute approximate surface area is 285 Å². The van der Waals surface area contributed by atoms with Crippen LogP contribution in [0.5, 0.6) is 0 Å². The fourth-order valence-electron chi connectivity index (χ4n) is 6.75. The highest BCUT2D eigenvalue weighted by Crippen LogP contribution is 2.33. The summed E-state index contributed by atoms with van der Waals surface area (Å²) >= 11 is 0. The quantitative estimate of drug-likeness (QED) is 0.130. The van der Waals surface area contributed by atoms with Gasteiger partial charge in [-0.15, -0.1) is 0 Å². The Morgan fingerprint density at radius 1 is 0.761 bits per heavy atom. The molecule has 0 bridgehead atoms. The van der Waals surface area contributed by atoms with Crippen LogP contribution in [0.15, 0.2) is 24.3 Å². The maximum Gasteiger partial charge on any atom is 0.330 e. The summed E-state index contributed by atoms with van der Waals surface area (Å²) < 4.78 is 19.6. The lowest BCUT2D eigenvalue weighted by atomic mass is 9.89. The van der Waals surface area contributed by atoms with Crippen molar-refractivity contribution in [2.75, 3.05) is 0 Å². The molecule has 0 saturated carbocycles. The molecule has 0 aliphatic carbocycles. The van der Waals surface area contributed by atoms with Gasteiger partial charge in [-0.2, -0.15) is 0 Å². The third kappa shape index (κ3) is 14.4. The second-order valence-electron chi connectivity index (χ2n) is 14.5. The molecule has 6 nitrogen and oxygen atoms in total. The highest BCUT2D eigenvalue weighted by atomic mass is 28.4. The molecule has 1 heterocycles. The van der Waals surface area contributed by atoms with Gasteiger partial charge in [0.05, 0.1) is 6.10 Å². The van der Waals surface area contributed by atoms with Gasteiger partial charge in [-0.05, 0) is 108 Å². The van der Waals surface area contributed by atoms with Crippen LogP contribution in [0.1, 0.15) is 140 Å². The van der Waals surface area contributed by atoms with E-state index in [4.69, 9.17) is 13.6 Å². The molecule has 0 amide bonds. The van der Waals surface area contributed by atoms with Crippen LogP contribution >= 0.6 is 0 Å². The fourth-order valence-corrected chi connectivity index (χ4v) is 12.8. The molecule has 46 heavy (non-hydrogen) atoms. The van der Waals surface area contributed by atoms with Crippen LogP contribution in [0.4, 0.5) is 0 Å². The molecule has 1 unspecified atom stereocenters. The first-order valence-electron chi connectivity index (χ1n) is 18.7. The van der Waals surface area contributed by atoms with Gasteiger partial charge < -0.3 is 13.6 Å². The number of ether oxygens (including phenoxy) is 1. The van der Waals surface area contributed by atoms with Crippen LogP contribution in [0, 0.1) is 5.92 Å². The van der Waals surface area contributed by atoms with Gasteiger partial charge >= 0.3 is 5.97 Å². The summed E-state index contributed by atoms with van der Waals surface area (Å²) in [6.07, 6.45) is 15.4. The molecule has 0 spiro atoms. The average molecular weight is 679 g/mol. The van der Waals surface area contributed by atoms with Crippen molar-refractivity contribution < 1.29 is 28.0 Å². The number of carbonyl (C=O) groups excluding carboxylic acids is 3. The van der Waals surface area contributed by atoms with Gasteiger partial charge in [-0.1, -0.05) is 73.1 Å². The van der Waals surface area contributed by atoms with E-state index in [9.17, 15) is 14.4 Å². The molecule has 0 radical (unpaired) electrons. The molecular weight excluding hydrogens is 609 g/mol. The number of ketones is 2. The Balaban J connectivity index is 3.30. The normalized spacial score (nSPS) is 27.1. The summed E-state index contributed by atoms with van der Waals surface area (Å²) in [6, 6.07) is 6.03. The summed E-state index contributed by atoms with van der Waals surface area (Å²) in [4.78, 5) is 39.9. The first kappa shape index (κ1) is 42.7. The van der Waals surface area contributed by atoms with Crippen molar-refractivity contribution in [3.63, 3.8) is 0 Å². The summed E-state index contributed by atoms with van der Waals surface area (Å²) in [5.74, 6) is -0.164. The zero-order chi connectivity index (χ0) is 34.9. The van der Waals surface area contributed by atoms with Gasteiger partial charge in [0, 0.05) is 25.3 Å². The number of carbonyl (C=O) groups is 3. The molecule has 1 aliphatic heterocycles. The number of hydrogen-bond acceptors (Lipinski definition) is 6. The van der Waals surface area contributed by atoms with E-state index in [1.54, 1.807) is 6.08 Å². The minimum absolute atomic E-state index is 0.00479. The fraction of sp³-hybridized carbons (Fsp3) is 0.816. The van der Waals surface area contributed by atoms with Gasteiger partial charge in [0.25, 0.3) is 0 Å². The predicted octanol–water partition coefficient (Wildman–Crippen LogP) is 10.7. The molecule has 0 N–H and O–H groups in total. The van der Waals surface area contributed by atoms with Crippen LogP contribution in [-0.4, -0.2) is 51.5 Å². The standard InChI is InChI=1S/C38H70O6Si2/c1-11-45(12-2,13-3)43-34-25-21-19-17-18-20-23-29-37(8,9)42-36(41)26-22-24-30-38(10,44-46(14-4,15-5)16-6)35(40)28-27-33(39)31-32(34)7/h19,21-22,26,32,34H,11-18,20,23-25,27-31H2,1-10H3/b21-19+,26-22+/t32-,34?,38-/m1/s1. The van der Waals surface area contributed by atoms with Crippen molar-refractivity contribution in [1.82, 2.24) is 0 Å². The highest BCUT2D eigenvalue weighted by molar-refractivity contribution is 6.74. The van der Waals surface area contributed by atoms with E-state index in [-0.39, 0.29) is 42.4 Å². The monoisotopic (exact) mass is 678 g/mol. The molecular formula is C38H70O6Si2.